The van der Waals surface area contributed by atoms with Gasteiger partial charge in [0, 0.05) is 11.3 Å². The minimum atomic E-state index is -0.592. The molecule has 1 N–H and O–H groups in total. The molecule has 2 aromatic rings. The number of rotatable bonds is 4. The molecule has 1 aliphatic heterocycles. The number of anilines is 2. The van der Waals surface area contributed by atoms with E-state index in [1.165, 1.54) is 6.92 Å². The van der Waals surface area contributed by atoms with Gasteiger partial charge in [0.2, 0.25) is 5.91 Å². The summed E-state index contributed by atoms with van der Waals surface area (Å²) in [6.07, 6.45) is 0.0953. The number of carbonyl (C=O) groups is 3. The molecule has 0 aliphatic carbocycles. The zero-order valence-electron chi connectivity index (χ0n) is 12.7. The highest BCUT2D eigenvalue weighted by Gasteiger charge is 2.39. The van der Waals surface area contributed by atoms with Gasteiger partial charge in [-0.15, -0.1) is 0 Å². The van der Waals surface area contributed by atoms with E-state index in [0.29, 0.717) is 11.3 Å². The number of Topliss-reactive ketones (excluding diaryl/α,β-unsaturated/α-hetero) is 1. The van der Waals surface area contributed by atoms with Gasteiger partial charge >= 0.3 is 0 Å². The Labute approximate surface area is 133 Å². The molecule has 0 bridgehead atoms. The molecule has 5 heteroatoms. The van der Waals surface area contributed by atoms with Gasteiger partial charge in [-0.2, -0.15) is 0 Å². The highest BCUT2D eigenvalue weighted by atomic mass is 16.2. The Morgan fingerprint density at radius 2 is 1.83 bits per heavy atom. The second-order valence-corrected chi connectivity index (χ2v) is 5.44. The van der Waals surface area contributed by atoms with Crippen molar-refractivity contribution in [1.29, 1.82) is 0 Å². The summed E-state index contributed by atoms with van der Waals surface area (Å²) in [4.78, 5) is 37.4. The number of para-hydroxylation sites is 1. The maximum Gasteiger partial charge on any atom is 0.256 e. The van der Waals surface area contributed by atoms with E-state index >= 15 is 0 Å². The van der Waals surface area contributed by atoms with Crippen LogP contribution in [0.3, 0.4) is 0 Å². The van der Waals surface area contributed by atoms with Crippen molar-refractivity contribution in [2.24, 2.45) is 0 Å². The summed E-state index contributed by atoms with van der Waals surface area (Å²) in [6, 6.07) is 15.3. The van der Waals surface area contributed by atoms with Gasteiger partial charge in [-0.25, -0.2) is 4.90 Å². The standard InChI is InChI=1S/C18H16N2O3/c1-12(21)13-6-5-9-15(10-13)20-17(22)11-16(18(20)23)19-14-7-3-2-4-8-14/h2-10,16,19H,11H2,1H3/t16-/m0/s1. The zero-order chi connectivity index (χ0) is 16.4. The first-order valence-corrected chi connectivity index (χ1v) is 7.35. The van der Waals surface area contributed by atoms with Crippen LogP contribution in [0.2, 0.25) is 0 Å². The van der Waals surface area contributed by atoms with E-state index < -0.39 is 6.04 Å². The van der Waals surface area contributed by atoms with E-state index in [-0.39, 0.29) is 24.0 Å². The lowest BCUT2D eigenvalue weighted by Crippen LogP contribution is -2.34. The minimum absolute atomic E-state index is 0.0953. The maximum absolute atomic E-state index is 12.6. The smallest absolute Gasteiger partial charge is 0.256 e. The highest BCUT2D eigenvalue weighted by molar-refractivity contribution is 6.23. The van der Waals surface area contributed by atoms with Crippen LogP contribution in [0, 0.1) is 0 Å². The Balaban J connectivity index is 1.84. The number of nitrogens with zero attached hydrogens (tertiary/aromatic N) is 1. The summed E-state index contributed by atoms with van der Waals surface area (Å²) in [6.45, 7) is 1.45. The molecule has 0 aromatic heterocycles. The molecule has 5 nitrogen and oxygen atoms in total. The lowest BCUT2D eigenvalue weighted by Gasteiger charge is -2.16. The van der Waals surface area contributed by atoms with Crippen molar-refractivity contribution < 1.29 is 14.4 Å². The molecular weight excluding hydrogens is 292 g/mol. The zero-order valence-corrected chi connectivity index (χ0v) is 12.7. The largest absolute Gasteiger partial charge is 0.373 e. The Bertz CT molecular complexity index is 771. The minimum Gasteiger partial charge on any atom is -0.373 e. The Morgan fingerprint density at radius 3 is 2.52 bits per heavy atom. The fraction of sp³-hybridized carbons (Fsp3) is 0.167. The normalized spacial score (nSPS) is 17.4. The summed E-state index contributed by atoms with van der Waals surface area (Å²) >= 11 is 0. The van der Waals surface area contributed by atoms with E-state index in [1.807, 2.05) is 30.3 Å². The van der Waals surface area contributed by atoms with Gasteiger partial charge in [-0.05, 0) is 31.2 Å². The molecule has 0 saturated carbocycles. The summed E-state index contributed by atoms with van der Waals surface area (Å²) in [5.41, 5.74) is 1.70. The third-order valence-electron chi connectivity index (χ3n) is 3.77. The molecule has 0 unspecified atom stereocenters. The van der Waals surface area contributed by atoms with Crippen molar-refractivity contribution in [1.82, 2.24) is 0 Å². The second-order valence-electron chi connectivity index (χ2n) is 5.44. The number of benzene rings is 2. The average Bonchev–Trinajstić information content (AvgIpc) is 2.82. The molecule has 2 aromatic carbocycles. The molecule has 1 heterocycles. The molecule has 116 valence electrons. The number of ketones is 1. The van der Waals surface area contributed by atoms with E-state index in [9.17, 15) is 14.4 Å². The van der Waals surface area contributed by atoms with Crippen LogP contribution in [-0.4, -0.2) is 23.6 Å². The Kier molecular flexibility index (Phi) is 3.93. The lowest BCUT2D eigenvalue weighted by molar-refractivity contribution is -0.121. The first-order valence-electron chi connectivity index (χ1n) is 7.35. The first kappa shape index (κ1) is 15.0. The van der Waals surface area contributed by atoms with Crippen molar-refractivity contribution in [2.75, 3.05) is 10.2 Å². The molecule has 1 atom stereocenters. The summed E-state index contributed by atoms with van der Waals surface area (Å²) in [7, 11) is 0. The van der Waals surface area contributed by atoms with Crippen LogP contribution in [-0.2, 0) is 9.59 Å². The van der Waals surface area contributed by atoms with Crippen LogP contribution in [0.25, 0.3) is 0 Å². The SMILES string of the molecule is CC(=O)c1cccc(N2C(=O)C[C@H](Nc3ccccc3)C2=O)c1. The summed E-state index contributed by atoms with van der Waals surface area (Å²) in [5.74, 6) is -0.686. The number of nitrogens with one attached hydrogen (secondary N) is 1. The van der Waals surface area contributed by atoms with Gasteiger partial charge in [0.25, 0.3) is 5.91 Å². The van der Waals surface area contributed by atoms with Crippen LogP contribution >= 0.6 is 0 Å². The van der Waals surface area contributed by atoms with Crippen molar-refractivity contribution in [3.63, 3.8) is 0 Å². The molecule has 0 spiro atoms. The van der Waals surface area contributed by atoms with Crippen LogP contribution in [0.4, 0.5) is 11.4 Å². The average molecular weight is 308 g/mol. The van der Waals surface area contributed by atoms with E-state index in [0.717, 1.165) is 10.6 Å². The van der Waals surface area contributed by atoms with Gasteiger partial charge in [0.1, 0.15) is 6.04 Å². The topological polar surface area (TPSA) is 66.5 Å². The predicted molar refractivity (Wildman–Crippen MR) is 87.4 cm³/mol. The predicted octanol–water partition coefficient (Wildman–Crippen LogP) is 2.63. The van der Waals surface area contributed by atoms with E-state index in [2.05, 4.69) is 5.32 Å². The first-order chi connectivity index (χ1) is 11.1. The Morgan fingerprint density at radius 1 is 1.09 bits per heavy atom. The van der Waals surface area contributed by atoms with Crippen LogP contribution in [0.1, 0.15) is 23.7 Å². The van der Waals surface area contributed by atoms with Crippen molar-refractivity contribution in [3.05, 3.63) is 60.2 Å². The molecule has 23 heavy (non-hydrogen) atoms. The van der Waals surface area contributed by atoms with E-state index in [4.69, 9.17) is 0 Å². The molecule has 2 amide bonds. The Hall–Kier alpha value is -2.95. The number of amides is 2. The van der Waals surface area contributed by atoms with Crippen LogP contribution in [0.5, 0.6) is 0 Å². The van der Waals surface area contributed by atoms with Crippen LogP contribution in [0.15, 0.2) is 54.6 Å². The van der Waals surface area contributed by atoms with Gasteiger partial charge < -0.3 is 5.32 Å². The van der Waals surface area contributed by atoms with E-state index in [1.54, 1.807) is 24.3 Å². The van der Waals surface area contributed by atoms with Crippen LogP contribution < -0.4 is 10.2 Å². The quantitative estimate of drug-likeness (QED) is 0.696. The molecule has 0 radical (unpaired) electrons. The number of carbonyl (C=O) groups excluding carboxylic acids is 3. The molecule has 1 saturated heterocycles. The highest BCUT2D eigenvalue weighted by Crippen LogP contribution is 2.25. The number of hydrogen-bond acceptors (Lipinski definition) is 4. The van der Waals surface area contributed by atoms with Crippen molar-refractivity contribution in [3.8, 4) is 0 Å². The second kappa shape index (κ2) is 6.04. The molecule has 1 aliphatic rings. The van der Waals surface area contributed by atoms with Crippen molar-refractivity contribution in [2.45, 2.75) is 19.4 Å². The fourth-order valence-corrected chi connectivity index (χ4v) is 2.62. The molecule has 3 rings (SSSR count). The summed E-state index contributed by atoms with van der Waals surface area (Å²) in [5, 5.41) is 3.08. The maximum atomic E-state index is 12.6. The number of imide groups is 1. The van der Waals surface area contributed by atoms with Gasteiger partial charge in [-0.1, -0.05) is 30.3 Å². The molecular formula is C18H16N2O3. The van der Waals surface area contributed by atoms with Gasteiger partial charge in [-0.3, -0.25) is 14.4 Å². The lowest BCUT2D eigenvalue weighted by atomic mass is 10.1. The molecule has 1 fully saturated rings. The number of hydrogen-bond donors (Lipinski definition) is 1. The monoisotopic (exact) mass is 308 g/mol. The fourth-order valence-electron chi connectivity index (χ4n) is 2.62. The van der Waals surface area contributed by atoms with Gasteiger partial charge in [0.05, 0.1) is 12.1 Å². The third-order valence-corrected chi connectivity index (χ3v) is 3.77. The summed E-state index contributed by atoms with van der Waals surface area (Å²) < 4.78 is 0. The van der Waals surface area contributed by atoms with Gasteiger partial charge in [0.15, 0.2) is 5.78 Å². The third kappa shape index (κ3) is 2.99. The van der Waals surface area contributed by atoms with Crippen molar-refractivity contribution >= 4 is 29.0 Å².